The van der Waals surface area contributed by atoms with E-state index in [-0.39, 0.29) is 17.5 Å². The third-order valence-corrected chi connectivity index (χ3v) is 5.28. The van der Waals surface area contributed by atoms with Crippen LogP contribution < -0.4 is 25.0 Å². The van der Waals surface area contributed by atoms with Crippen LogP contribution in [0.1, 0.15) is 39.2 Å². The van der Waals surface area contributed by atoms with Gasteiger partial charge in [-0.25, -0.2) is 0 Å². The Balaban J connectivity index is 1.89. The molecule has 3 aromatic rings. The fourth-order valence-corrected chi connectivity index (χ4v) is 3.55. The van der Waals surface area contributed by atoms with E-state index in [0.29, 0.717) is 22.7 Å². The number of nitrogens with zero attached hydrogens (tertiary/aromatic N) is 1. The zero-order valence-electron chi connectivity index (χ0n) is 19.5. The van der Waals surface area contributed by atoms with E-state index in [1.165, 1.54) is 14.2 Å². The van der Waals surface area contributed by atoms with Gasteiger partial charge in [0.05, 0.1) is 25.8 Å². The summed E-state index contributed by atoms with van der Waals surface area (Å²) in [6.07, 6.45) is 0. The molecule has 7 nitrogen and oxygen atoms in total. The van der Waals surface area contributed by atoms with Gasteiger partial charge in [0.25, 0.3) is 11.8 Å². The quantitative estimate of drug-likeness (QED) is 0.531. The van der Waals surface area contributed by atoms with Crippen LogP contribution in [0.2, 0.25) is 0 Å². The van der Waals surface area contributed by atoms with Gasteiger partial charge in [-0.3, -0.25) is 9.59 Å². The number of amides is 2. The Bertz CT molecular complexity index is 1110. The molecule has 0 aliphatic rings. The van der Waals surface area contributed by atoms with Crippen molar-refractivity contribution in [2.24, 2.45) is 0 Å². The first-order valence-electron chi connectivity index (χ1n) is 10.5. The summed E-state index contributed by atoms with van der Waals surface area (Å²) >= 11 is 0. The van der Waals surface area contributed by atoms with E-state index in [2.05, 4.69) is 10.6 Å². The van der Waals surface area contributed by atoms with Gasteiger partial charge in [-0.2, -0.15) is 0 Å². The number of hydrogen-bond acceptors (Lipinski definition) is 5. The van der Waals surface area contributed by atoms with Crippen molar-refractivity contribution in [3.05, 3.63) is 83.4 Å². The number of rotatable bonds is 8. The molecule has 0 heterocycles. The highest BCUT2D eigenvalue weighted by atomic mass is 16.5. The van der Waals surface area contributed by atoms with Gasteiger partial charge in [-0.05, 0) is 42.8 Å². The summed E-state index contributed by atoms with van der Waals surface area (Å²) < 4.78 is 10.7. The van der Waals surface area contributed by atoms with E-state index >= 15 is 0 Å². The molecule has 0 radical (unpaired) electrons. The van der Waals surface area contributed by atoms with Crippen LogP contribution in [0.3, 0.4) is 0 Å². The predicted octanol–water partition coefficient (Wildman–Crippen LogP) is 4.51. The lowest BCUT2D eigenvalue weighted by molar-refractivity contribution is 0.0939. The van der Waals surface area contributed by atoms with Crippen LogP contribution in [-0.2, 0) is 0 Å². The van der Waals surface area contributed by atoms with E-state index < -0.39 is 5.91 Å². The molecule has 3 aromatic carbocycles. The Morgan fingerprint density at radius 3 is 2.06 bits per heavy atom. The Morgan fingerprint density at radius 1 is 0.848 bits per heavy atom. The number of carbonyl (C=O) groups excluding carboxylic acids is 2. The van der Waals surface area contributed by atoms with E-state index in [9.17, 15) is 9.59 Å². The first kappa shape index (κ1) is 23.7. The molecule has 0 saturated heterocycles. The van der Waals surface area contributed by atoms with Gasteiger partial charge in [0.1, 0.15) is 17.1 Å². The molecular formula is C26H29N3O4. The van der Waals surface area contributed by atoms with Crippen LogP contribution >= 0.6 is 0 Å². The number of nitrogens with one attached hydrogen (secondary N) is 2. The van der Waals surface area contributed by atoms with Gasteiger partial charge in [0, 0.05) is 25.5 Å². The number of carbonyl (C=O) groups is 2. The first-order chi connectivity index (χ1) is 15.8. The fraction of sp³-hybridized carbons (Fsp3) is 0.231. The lowest BCUT2D eigenvalue weighted by Crippen LogP contribution is -2.28. The molecule has 1 atom stereocenters. The maximum atomic E-state index is 13.2. The molecule has 0 spiro atoms. The molecule has 0 bridgehead atoms. The summed E-state index contributed by atoms with van der Waals surface area (Å²) in [6, 6.07) is 19.9. The van der Waals surface area contributed by atoms with Crippen LogP contribution in [0, 0.1) is 0 Å². The highest BCUT2D eigenvalue weighted by Gasteiger charge is 2.21. The van der Waals surface area contributed by atoms with Crippen molar-refractivity contribution in [1.29, 1.82) is 0 Å². The monoisotopic (exact) mass is 447 g/mol. The van der Waals surface area contributed by atoms with Crippen LogP contribution in [-0.4, -0.2) is 40.1 Å². The molecule has 1 unspecified atom stereocenters. The predicted molar refractivity (Wildman–Crippen MR) is 131 cm³/mol. The summed E-state index contributed by atoms with van der Waals surface area (Å²) in [4.78, 5) is 28.1. The normalized spacial score (nSPS) is 11.3. The van der Waals surface area contributed by atoms with Crippen molar-refractivity contribution in [3.8, 4) is 11.5 Å². The summed E-state index contributed by atoms with van der Waals surface area (Å²) in [6.45, 7) is 1.93. The molecule has 0 aliphatic heterocycles. The number of anilines is 2. The van der Waals surface area contributed by atoms with Crippen LogP contribution in [0.5, 0.6) is 11.5 Å². The third-order valence-electron chi connectivity index (χ3n) is 5.28. The molecule has 7 heteroatoms. The summed E-state index contributed by atoms with van der Waals surface area (Å²) in [7, 11) is 6.72. The Kier molecular flexibility index (Phi) is 7.56. The maximum Gasteiger partial charge on any atom is 0.263 e. The van der Waals surface area contributed by atoms with Crippen molar-refractivity contribution in [2.45, 2.75) is 13.0 Å². The summed E-state index contributed by atoms with van der Waals surface area (Å²) in [5.41, 5.74) is 2.96. The Morgan fingerprint density at radius 2 is 1.48 bits per heavy atom. The van der Waals surface area contributed by atoms with Crippen molar-refractivity contribution in [1.82, 2.24) is 5.32 Å². The van der Waals surface area contributed by atoms with Crippen molar-refractivity contribution in [2.75, 3.05) is 38.5 Å². The molecular weight excluding hydrogens is 418 g/mol. The molecule has 0 aromatic heterocycles. The minimum Gasteiger partial charge on any atom is -0.496 e. The minimum absolute atomic E-state index is 0.176. The fourth-order valence-electron chi connectivity index (χ4n) is 3.55. The summed E-state index contributed by atoms with van der Waals surface area (Å²) in [5.74, 6) is 0.157. The van der Waals surface area contributed by atoms with E-state index in [4.69, 9.17) is 9.47 Å². The zero-order valence-corrected chi connectivity index (χ0v) is 19.5. The molecule has 0 fully saturated rings. The SMILES string of the molecule is COc1cccc(OC)c1C(=O)Nc1ccc(N(C)C)c(C(=O)NC(C)c2ccccc2)c1. The number of ether oxygens (including phenoxy) is 2. The average Bonchev–Trinajstić information content (AvgIpc) is 2.83. The molecule has 33 heavy (non-hydrogen) atoms. The second kappa shape index (κ2) is 10.5. The topological polar surface area (TPSA) is 79.9 Å². The lowest BCUT2D eigenvalue weighted by Gasteiger charge is -2.21. The van der Waals surface area contributed by atoms with Gasteiger partial charge < -0.3 is 25.0 Å². The first-order valence-corrected chi connectivity index (χ1v) is 10.5. The van der Waals surface area contributed by atoms with Gasteiger partial charge in [0.2, 0.25) is 0 Å². The number of methoxy groups -OCH3 is 2. The smallest absolute Gasteiger partial charge is 0.263 e. The van der Waals surface area contributed by atoms with E-state index in [1.54, 1.807) is 36.4 Å². The molecule has 0 aliphatic carbocycles. The highest BCUT2D eigenvalue weighted by Crippen LogP contribution is 2.30. The molecule has 2 amide bonds. The standard InChI is InChI=1S/C26H29N3O4/c1-17(18-10-7-6-8-11-18)27-25(30)20-16-19(14-15-21(20)29(2)3)28-26(31)24-22(32-4)12-9-13-23(24)33-5/h6-17H,1-5H3,(H,27,30)(H,28,31). The van der Waals surface area contributed by atoms with Crippen molar-refractivity contribution in [3.63, 3.8) is 0 Å². The second-order valence-corrected chi connectivity index (χ2v) is 7.72. The highest BCUT2D eigenvalue weighted by molar-refractivity contribution is 6.09. The van der Waals surface area contributed by atoms with E-state index in [1.807, 2.05) is 56.3 Å². The number of hydrogen-bond donors (Lipinski definition) is 2. The third kappa shape index (κ3) is 5.44. The molecule has 0 saturated carbocycles. The summed E-state index contributed by atoms with van der Waals surface area (Å²) in [5, 5.41) is 5.89. The van der Waals surface area contributed by atoms with Crippen molar-refractivity contribution >= 4 is 23.2 Å². The van der Waals surface area contributed by atoms with Crippen LogP contribution in [0.25, 0.3) is 0 Å². The van der Waals surface area contributed by atoms with Crippen LogP contribution in [0.15, 0.2) is 66.7 Å². The van der Waals surface area contributed by atoms with Crippen molar-refractivity contribution < 1.29 is 19.1 Å². The van der Waals surface area contributed by atoms with Crippen LogP contribution in [0.4, 0.5) is 11.4 Å². The minimum atomic E-state index is -0.397. The largest absolute Gasteiger partial charge is 0.496 e. The Labute approximate surface area is 194 Å². The van der Waals surface area contributed by atoms with Gasteiger partial charge in [-0.15, -0.1) is 0 Å². The zero-order chi connectivity index (χ0) is 24.0. The Hall–Kier alpha value is -4.00. The molecule has 3 rings (SSSR count). The van der Waals surface area contributed by atoms with E-state index in [0.717, 1.165) is 11.3 Å². The second-order valence-electron chi connectivity index (χ2n) is 7.72. The maximum absolute atomic E-state index is 13.2. The number of benzene rings is 3. The molecule has 2 N–H and O–H groups in total. The average molecular weight is 448 g/mol. The van der Waals surface area contributed by atoms with Gasteiger partial charge in [0.15, 0.2) is 0 Å². The van der Waals surface area contributed by atoms with Gasteiger partial charge in [-0.1, -0.05) is 36.4 Å². The molecule has 172 valence electrons. The lowest BCUT2D eigenvalue weighted by atomic mass is 10.1. The van der Waals surface area contributed by atoms with Gasteiger partial charge >= 0.3 is 0 Å².